The number of carboxylic acid groups (broad SMARTS) is 1. The summed E-state index contributed by atoms with van der Waals surface area (Å²) in [6.45, 7) is 24.0. The first-order valence-corrected chi connectivity index (χ1v) is 21.6. The zero-order valence-corrected chi connectivity index (χ0v) is 36.5. The number of carbonyl (C=O) groups excluding carboxylic acids is 2. The third kappa shape index (κ3) is 6.15. The number of ether oxygens (including phenoxy) is 1. The number of benzene rings is 1. The summed E-state index contributed by atoms with van der Waals surface area (Å²) < 4.78 is 12.7. The van der Waals surface area contributed by atoms with Crippen molar-refractivity contribution in [3.63, 3.8) is 0 Å². The van der Waals surface area contributed by atoms with Gasteiger partial charge < -0.3 is 14.3 Å². The largest absolute Gasteiger partial charge is 0.481 e. The highest BCUT2D eigenvalue weighted by Crippen LogP contribution is 2.77. The van der Waals surface area contributed by atoms with Gasteiger partial charge in [-0.25, -0.2) is 0 Å². The van der Waals surface area contributed by atoms with Crippen LogP contribution in [0.5, 0.6) is 0 Å². The lowest BCUT2D eigenvalue weighted by Gasteiger charge is -2.72. The molecule has 4 saturated carbocycles. The summed E-state index contributed by atoms with van der Waals surface area (Å²) in [5.41, 5.74) is 1.42. The second kappa shape index (κ2) is 13.5. The topological polar surface area (TPSA) is 120 Å². The third-order valence-corrected chi connectivity index (χ3v) is 17.3. The molecule has 0 spiro atoms. The number of Topliss-reactive ketones (excluding diaryl/α,β-unsaturated/α-hetero) is 1. The highest BCUT2D eigenvalue weighted by molar-refractivity contribution is 6.30. The van der Waals surface area contributed by atoms with E-state index in [0.29, 0.717) is 53.2 Å². The molecule has 0 bridgehead atoms. The van der Waals surface area contributed by atoms with Crippen molar-refractivity contribution in [2.45, 2.75) is 158 Å². The normalized spacial score (nSPS) is 35.4. The third-order valence-electron chi connectivity index (χ3n) is 17.0. The molecule has 5 aliphatic rings. The number of ketones is 1. The Hall–Kier alpha value is -3.00. The molecule has 0 amide bonds. The van der Waals surface area contributed by atoms with Crippen LogP contribution in [0.25, 0.3) is 0 Å². The minimum absolute atomic E-state index is 0.0138. The summed E-state index contributed by atoms with van der Waals surface area (Å²) in [7, 11) is 0. The van der Waals surface area contributed by atoms with Gasteiger partial charge in [-0.15, -0.1) is 10.2 Å². The molecule has 1 aromatic carbocycles. The maximum atomic E-state index is 14.2. The Balaban J connectivity index is 1.17. The molecular weight excluding hydrogens is 724 g/mol. The molecule has 0 aliphatic heterocycles. The number of rotatable bonds is 9. The van der Waals surface area contributed by atoms with Crippen LogP contribution in [-0.4, -0.2) is 39.1 Å². The Kier molecular flexibility index (Phi) is 9.94. The molecule has 0 radical (unpaired) electrons. The number of carboxylic acids is 1. The summed E-state index contributed by atoms with van der Waals surface area (Å²) in [6, 6.07) is 7.80. The Bertz CT molecular complexity index is 1940. The zero-order valence-electron chi connectivity index (χ0n) is 35.7. The van der Waals surface area contributed by atoms with Crippen LogP contribution in [0.15, 0.2) is 39.8 Å². The maximum absolute atomic E-state index is 14.2. The predicted octanol–water partition coefficient (Wildman–Crippen LogP) is 11.0. The Morgan fingerprint density at radius 2 is 1.59 bits per heavy atom. The second-order valence-corrected chi connectivity index (χ2v) is 21.9. The standard InChI is InChI=1S/C47H65ClN2O6/c1-27(2)37-31(51)24-47(25-35-49-50-39(56-35)42(5,6)28-12-14-29(48)15-13-28)23-22-45(10)30(38(37)47)16-17-33-44(9)20-19-34(55-36(52)26-41(3,4)40(53)54)43(7,8)32(44)18-21-46(33,45)11/h12-15,27,30,32-34H,16-26H2,1-11H3,(H,53,54)/t30-,32?,33-,34+,44+,45-,46-,47+/m1/s1. The van der Waals surface area contributed by atoms with Crippen molar-refractivity contribution in [3.05, 3.63) is 57.8 Å². The summed E-state index contributed by atoms with van der Waals surface area (Å²) in [5, 5.41) is 19.6. The first-order chi connectivity index (χ1) is 25.9. The molecule has 8 nitrogen and oxygen atoms in total. The van der Waals surface area contributed by atoms with E-state index in [2.05, 4.69) is 72.5 Å². The monoisotopic (exact) mass is 788 g/mol. The Labute approximate surface area is 339 Å². The van der Waals surface area contributed by atoms with E-state index in [1.807, 2.05) is 24.3 Å². The number of aliphatic carboxylic acids is 1. The molecule has 9 heteroatoms. The number of hydrogen-bond acceptors (Lipinski definition) is 7. The summed E-state index contributed by atoms with van der Waals surface area (Å²) >= 11 is 6.20. The molecule has 306 valence electrons. The van der Waals surface area contributed by atoms with Gasteiger partial charge in [0.05, 0.1) is 17.3 Å². The fourth-order valence-electron chi connectivity index (χ4n) is 13.6. The number of hydrogen-bond donors (Lipinski definition) is 1. The SMILES string of the molecule is CC(C)C1=C2[C@H]3CC[C@@H]4[C@@]5(C)CC[C@H](OC(=O)CC(C)(C)C(=O)O)C(C)(C)C5CC[C@@]4(C)[C@]3(C)CC[C@@]2(Cc2nnc(C(C)(C)c3ccc(Cl)cc3)o2)CC1=O. The zero-order chi connectivity index (χ0) is 41.0. The molecule has 1 unspecified atom stereocenters. The van der Waals surface area contributed by atoms with Gasteiger partial charge in [0, 0.05) is 28.7 Å². The van der Waals surface area contributed by atoms with Crippen LogP contribution < -0.4 is 0 Å². The van der Waals surface area contributed by atoms with Crippen LogP contribution in [0, 0.1) is 56.2 Å². The van der Waals surface area contributed by atoms with Gasteiger partial charge in [0.25, 0.3) is 0 Å². The van der Waals surface area contributed by atoms with Gasteiger partial charge >= 0.3 is 11.9 Å². The van der Waals surface area contributed by atoms with Crippen molar-refractivity contribution in [2.75, 3.05) is 0 Å². The molecule has 4 fully saturated rings. The van der Waals surface area contributed by atoms with E-state index in [1.165, 1.54) is 5.57 Å². The number of aromatic nitrogens is 2. The first-order valence-electron chi connectivity index (χ1n) is 21.2. The minimum Gasteiger partial charge on any atom is -0.481 e. The van der Waals surface area contributed by atoms with Gasteiger partial charge in [0.15, 0.2) is 5.78 Å². The lowest BCUT2D eigenvalue weighted by molar-refractivity contribution is -0.233. The average molecular weight is 789 g/mol. The molecule has 56 heavy (non-hydrogen) atoms. The van der Waals surface area contributed by atoms with Gasteiger partial charge in [-0.05, 0) is 142 Å². The van der Waals surface area contributed by atoms with E-state index in [4.69, 9.17) is 20.8 Å². The van der Waals surface area contributed by atoms with Crippen LogP contribution in [0.2, 0.25) is 5.02 Å². The minimum atomic E-state index is -1.17. The predicted molar refractivity (Wildman–Crippen MR) is 217 cm³/mol. The number of halogens is 1. The van der Waals surface area contributed by atoms with E-state index < -0.39 is 22.8 Å². The number of nitrogens with zero attached hydrogens (tertiary/aromatic N) is 2. The molecule has 5 aliphatic carbocycles. The summed E-state index contributed by atoms with van der Waals surface area (Å²) in [6.07, 6.45) is 8.78. The lowest BCUT2D eigenvalue weighted by atomic mass is 9.33. The number of esters is 1. The Morgan fingerprint density at radius 3 is 2.23 bits per heavy atom. The van der Waals surface area contributed by atoms with Crippen LogP contribution >= 0.6 is 11.6 Å². The highest BCUT2D eigenvalue weighted by Gasteiger charge is 2.70. The van der Waals surface area contributed by atoms with Gasteiger partial charge in [0.2, 0.25) is 11.8 Å². The van der Waals surface area contributed by atoms with E-state index >= 15 is 0 Å². The second-order valence-electron chi connectivity index (χ2n) is 21.5. The van der Waals surface area contributed by atoms with Crippen molar-refractivity contribution in [3.8, 4) is 0 Å². The van der Waals surface area contributed by atoms with E-state index in [9.17, 15) is 19.5 Å². The number of carbonyl (C=O) groups is 3. The first kappa shape index (κ1) is 41.2. The van der Waals surface area contributed by atoms with Crippen LogP contribution in [0.1, 0.15) is 158 Å². The van der Waals surface area contributed by atoms with Crippen molar-refractivity contribution in [2.24, 2.45) is 56.2 Å². The van der Waals surface area contributed by atoms with Crippen LogP contribution in [0.4, 0.5) is 0 Å². The molecule has 1 N–H and O–H groups in total. The quantitative estimate of drug-likeness (QED) is 0.249. The summed E-state index contributed by atoms with van der Waals surface area (Å²) in [4.78, 5) is 39.1. The van der Waals surface area contributed by atoms with Crippen molar-refractivity contribution in [1.29, 1.82) is 0 Å². The summed E-state index contributed by atoms with van der Waals surface area (Å²) in [5.74, 6) is 1.39. The lowest BCUT2D eigenvalue weighted by Crippen LogP contribution is -2.65. The maximum Gasteiger partial charge on any atom is 0.309 e. The van der Waals surface area contributed by atoms with Gasteiger partial charge in [0.1, 0.15) is 6.10 Å². The molecular formula is C47H65ClN2O6. The van der Waals surface area contributed by atoms with Crippen LogP contribution in [0.3, 0.4) is 0 Å². The fourth-order valence-corrected chi connectivity index (χ4v) is 13.8. The molecule has 1 heterocycles. The smallest absolute Gasteiger partial charge is 0.309 e. The number of allylic oxidation sites excluding steroid dienone is 2. The van der Waals surface area contributed by atoms with Gasteiger partial charge in [-0.1, -0.05) is 77.8 Å². The molecule has 8 atom stereocenters. The Morgan fingerprint density at radius 1 is 0.911 bits per heavy atom. The molecule has 7 rings (SSSR count). The van der Waals surface area contributed by atoms with E-state index in [1.54, 1.807) is 13.8 Å². The van der Waals surface area contributed by atoms with E-state index in [-0.39, 0.29) is 45.5 Å². The van der Waals surface area contributed by atoms with Crippen molar-refractivity contribution < 1.29 is 28.6 Å². The fraction of sp³-hybridized carbons (Fsp3) is 0.723. The highest BCUT2D eigenvalue weighted by atomic mass is 35.5. The number of fused-ring (bicyclic) bond motifs is 7. The van der Waals surface area contributed by atoms with Gasteiger partial charge in [-0.2, -0.15) is 0 Å². The van der Waals surface area contributed by atoms with Crippen LogP contribution in [-0.2, 0) is 31.0 Å². The van der Waals surface area contributed by atoms with Crippen molar-refractivity contribution in [1.82, 2.24) is 10.2 Å². The van der Waals surface area contributed by atoms with Gasteiger partial charge in [-0.3, -0.25) is 14.4 Å². The average Bonchev–Trinajstić information content (AvgIpc) is 3.68. The molecule has 0 saturated heterocycles. The van der Waals surface area contributed by atoms with Crippen molar-refractivity contribution >= 4 is 29.3 Å². The molecule has 2 aromatic rings. The molecule has 1 aromatic heterocycles. The van der Waals surface area contributed by atoms with E-state index in [0.717, 1.165) is 62.5 Å².